The fourth-order valence-electron chi connectivity index (χ4n) is 2.26. The zero-order valence-electron chi connectivity index (χ0n) is 9.32. The van der Waals surface area contributed by atoms with Crippen molar-refractivity contribution in [1.29, 1.82) is 0 Å². The number of para-hydroxylation sites is 1. The molecule has 0 bridgehead atoms. The minimum absolute atomic E-state index is 0.335. The number of pyridine rings is 1. The lowest BCUT2D eigenvalue weighted by molar-refractivity contribution is 0.0995. The molecule has 0 aliphatic carbocycles. The Hall–Kier alpha value is -2.36. The van der Waals surface area contributed by atoms with Gasteiger partial charge in [0.25, 0.3) is 5.91 Å². The maximum absolute atomic E-state index is 11.3. The molecular formula is C13H11N3O. The van der Waals surface area contributed by atoms with Gasteiger partial charge in [0, 0.05) is 16.3 Å². The molecular weight excluding hydrogens is 214 g/mol. The second-order valence-corrected chi connectivity index (χ2v) is 4.06. The zero-order chi connectivity index (χ0) is 12.0. The van der Waals surface area contributed by atoms with Gasteiger partial charge in [-0.3, -0.25) is 4.79 Å². The van der Waals surface area contributed by atoms with Crippen molar-refractivity contribution in [2.24, 2.45) is 5.73 Å². The number of fused-ring (bicyclic) bond motifs is 3. The first-order valence-electron chi connectivity index (χ1n) is 5.34. The molecule has 0 aliphatic heterocycles. The lowest BCUT2D eigenvalue weighted by atomic mass is 10.1. The van der Waals surface area contributed by atoms with Crippen molar-refractivity contribution in [3.05, 3.63) is 41.7 Å². The van der Waals surface area contributed by atoms with Crippen LogP contribution in [0.2, 0.25) is 0 Å². The summed E-state index contributed by atoms with van der Waals surface area (Å²) in [6.45, 7) is 1.87. The van der Waals surface area contributed by atoms with Crippen molar-refractivity contribution >= 4 is 27.7 Å². The number of aromatic amines is 1. The summed E-state index contributed by atoms with van der Waals surface area (Å²) in [6, 6.07) is 7.96. The first kappa shape index (κ1) is 9.84. The summed E-state index contributed by atoms with van der Waals surface area (Å²) in [7, 11) is 0. The quantitative estimate of drug-likeness (QED) is 0.665. The molecule has 0 atom stereocenters. The molecule has 0 aliphatic rings. The summed E-state index contributed by atoms with van der Waals surface area (Å²) in [4.78, 5) is 18.6. The van der Waals surface area contributed by atoms with E-state index in [9.17, 15) is 4.79 Å². The third-order valence-electron chi connectivity index (χ3n) is 3.02. The molecule has 1 amide bonds. The Labute approximate surface area is 97.5 Å². The molecule has 3 aromatic rings. The smallest absolute Gasteiger partial charge is 0.267 e. The molecule has 4 heteroatoms. The van der Waals surface area contributed by atoms with Crippen LogP contribution < -0.4 is 5.73 Å². The topological polar surface area (TPSA) is 71.8 Å². The van der Waals surface area contributed by atoms with Crippen molar-refractivity contribution in [2.75, 3.05) is 0 Å². The zero-order valence-corrected chi connectivity index (χ0v) is 9.32. The Bertz CT molecular complexity index is 743. The van der Waals surface area contributed by atoms with E-state index in [1.165, 1.54) is 0 Å². The van der Waals surface area contributed by atoms with E-state index in [0.717, 1.165) is 27.4 Å². The molecule has 3 rings (SSSR count). The van der Waals surface area contributed by atoms with E-state index >= 15 is 0 Å². The van der Waals surface area contributed by atoms with E-state index in [1.54, 1.807) is 6.20 Å². The second-order valence-electron chi connectivity index (χ2n) is 4.06. The van der Waals surface area contributed by atoms with Crippen LogP contribution in [0.25, 0.3) is 21.8 Å². The highest BCUT2D eigenvalue weighted by Gasteiger charge is 2.13. The number of carbonyl (C=O) groups is 1. The Morgan fingerprint density at radius 2 is 2.06 bits per heavy atom. The van der Waals surface area contributed by atoms with Crippen LogP contribution in [0, 0.1) is 6.92 Å². The summed E-state index contributed by atoms with van der Waals surface area (Å²) in [5.74, 6) is -0.491. The van der Waals surface area contributed by atoms with Gasteiger partial charge in [-0.2, -0.15) is 0 Å². The molecule has 0 spiro atoms. The largest absolute Gasteiger partial charge is 0.364 e. The van der Waals surface area contributed by atoms with Crippen LogP contribution >= 0.6 is 0 Å². The number of rotatable bonds is 1. The van der Waals surface area contributed by atoms with E-state index in [0.29, 0.717) is 5.69 Å². The van der Waals surface area contributed by atoms with Gasteiger partial charge in [0.2, 0.25) is 0 Å². The van der Waals surface area contributed by atoms with E-state index in [4.69, 9.17) is 5.73 Å². The molecule has 0 radical (unpaired) electrons. The molecule has 84 valence electrons. The van der Waals surface area contributed by atoms with E-state index in [1.807, 2.05) is 31.2 Å². The summed E-state index contributed by atoms with van der Waals surface area (Å²) in [5.41, 5.74) is 8.43. The molecule has 2 aromatic heterocycles. The molecule has 17 heavy (non-hydrogen) atoms. The lowest BCUT2D eigenvalue weighted by Crippen LogP contribution is -2.14. The standard InChI is InChI=1S/C13H11N3O/c1-7-11-8-4-2-3-5-9(8)16-10(11)6-15-12(7)13(14)17/h2-6,16H,1H3,(H2,14,17). The number of nitrogens with two attached hydrogens (primary N) is 1. The predicted octanol–water partition coefficient (Wildman–Crippen LogP) is 2.12. The fraction of sp³-hybridized carbons (Fsp3) is 0.0769. The number of nitrogens with one attached hydrogen (secondary N) is 1. The summed E-state index contributed by atoms with van der Waals surface area (Å²) >= 11 is 0. The average molecular weight is 225 g/mol. The molecule has 4 nitrogen and oxygen atoms in total. The Morgan fingerprint density at radius 3 is 2.82 bits per heavy atom. The number of aromatic nitrogens is 2. The SMILES string of the molecule is Cc1c(C(N)=O)ncc2[nH]c3ccccc3c12. The number of H-pyrrole nitrogens is 1. The van der Waals surface area contributed by atoms with Crippen LogP contribution in [0.5, 0.6) is 0 Å². The highest BCUT2D eigenvalue weighted by Crippen LogP contribution is 2.28. The van der Waals surface area contributed by atoms with Crippen molar-refractivity contribution in [2.45, 2.75) is 6.92 Å². The normalized spacial score (nSPS) is 11.1. The Morgan fingerprint density at radius 1 is 1.29 bits per heavy atom. The minimum Gasteiger partial charge on any atom is -0.364 e. The maximum atomic E-state index is 11.3. The van der Waals surface area contributed by atoms with E-state index in [2.05, 4.69) is 9.97 Å². The molecule has 0 fully saturated rings. The average Bonchev–Trinajstić information content (AvgIpc) is 2.67. The fourth-order valence-corrected chi connectivity index (χ4v) is 2.26. The molecule has 1 aromatic carbocycles. The van der Waals surface area contributed by atoms with E-state index in [-0.39, 0.29) is 0 Å². The van der Waals surface area contributed by atoms with Crippen LogP contribution in [0.3, 0.4) is 0 Å². The number of primary amides is 1. The number of hydrogen-bond donors (Lipinski definition) is 2. The van der Waals surface area contributed by atoms with Crippen LogP contribution in [0.15, 0.2) is 30.5 Å². The highest BCUT2D eigenvalue weighted by atomic mass is 16.1. The Balaban J connectivity index is 2.52. The first-order chi connectivity index (χ1) is 8.18. The first-order valence-corrected chi connectivity index (χ1v) is 5.34. The summed E-state index contributed by atoms with van der Waals surface area (Å²) in [5, 5.41) is 2.11. The molecule has 0 saturated carbocycles. The van der Waals surface area contributed by atoms with Gasteiger partial charge in [-0.1, -0.05) is 18.2 Å². The van der Waals surface area contributed by atoms with Crippen molar-refractivity contribution in [3.8, 4) is 0 Å². The highest BCUT2D eigenvalue weighted by molar-refractivity contribution is 6.11. The third-order valence-corrected chi connectivity index (χ3v) is 3.02. The van der Waals surface area contributed by atoms with Gasteiger partial charge in [-0.05, 0) is 18.6 Å². The monoisotopic (exact) mass is 225 g/mol. The van der Waals surface area contributed by atoms with E-state index < -0.39 is 5.91 Å². The maximum Gasteiger partial charge on any atom is 0.267 e. The van der Waals surface area contributed by atoms with Gasteiger partial charge >= 0.3 is 0 Å². The summed E-state index contributed by atoms with van der Waals surface area (Å²) in [6.07, 6.45) is 1.66. The number of benzene rings is 1. The second kappa shape index (κ2) is 3.31. The summed E-state index contributed by atoms with van der Waals surface area (Å²) < 4.78 is 0. The van der Waals surface area contributed by atoms with Crippen LogP contribution in [0.4, 0.5) is 0 Å². The van der Waals surface area contributed by atoms with Gasteiger partial charge in [-0.15, -0.1) is 0 Å². The van der Waals surface area contributed by atoms with Gasteiger partial charge in [0.05, 0.1) is 11.7 Å². The number of hydrogen-bond acceptors (Lipinski definition) is 2. The molecule has 2 heterocycles. The van der Waals surface area contributed by atoms with Gasteiger partial charge in [0.1, 0.15) is 5.69 Å². The van der Waals surface area contributed by atoms with Crippen LogP contribution in [-0.4, -0.2) is 15.9 Å². The Kier molecular flexibility index (Phi) is 1.92. The van der Waals surface area contributed by atoms with Crippen LogP contribution in [0.1, 0.15) is 16.1 Å². The van der Waals surface area contributed by atoms with Crippen molar-refractivity contribution in [1.82, 2.24) is 9.97 Å². The van der Waals surface area contributed by atoms with Crippen LogP contribution in [-0.2, 0) is 0 Å². The van der Waals surface area contributed by atoms with Crippen molar-refractivity contribution < 1.29 is 4.79 Å². The van der Waals surface area contributed by atoms with Gasteiger partial charge in [-0.25, -0.2) is 4.98 Å². The van der Waals surface area contributed by atoms with Gasteiger partial charge < -0.3 is 10.7 Å². The molecule has 0 saturated heterocycles. The third kappa shape index (κ3) is 1.30. The molecule has 3 N–H and O–H groups in total. The molecule has 0 unspecified atom stereocenters. The number of aryl methyl sites for hydroxylation is 1. The van der Waals surface area contributed by atoms with Gasteiger partial charge in [0.15, 0.2) is 0 Å². The number of amides is 1. The number of carbonyl (C=O) groups excluding carboxylic acids is 1. The lowest BCUT2D eigenvalue weighted by Gasteiger charge is -2.02. The predicted molar refractivity (Wildman–Crippen MR) is 66.9 cm³/mol. The minimum atomic E-state index is -0.491. The van der Waals surface area contributed by atoms with Crippen molar-refractivity contribution in [3.63, 3.8) is 0 Å². The number of nitrogens with zero attached hydrogens (tertiary/aromatic N) is 1.